The molecule has 0 saturated heterocycles. The molecule has 2 rings (SSSR count). The smallest absolute Gasteiger partial charge is 0.340 e. The van der Waals surface area contributed by atoms with Crippen LogP contribution in [0.5, 0.6) is 0 Å². The first-order chi connectivity index (χ1) is 10.1. The predicted molar refractivity (Wildman–Crippen MR) is 74.6 cm³/mol. The SMILES string of the molecule is O=Nc1ccc([N+]([O-])=NNc2ccccc2C(=O)O)cc1. The van der Waals surface area contributed by atoms with Crippen LogP contribution in [0.25, 0.3) is 0 Å². The Morgan fingerprint density at radius 1 is 1.14 bits per heavy atom. The second-order valence-corrected chi connectivity index (χ2v) is 3.94. The Kier molecular flexibility index (Phi) is 4.20. The van der Waals surface area contributed by atoms with Gasteiger partial charge >= 0.3 is 5.97 Å². The number of hydrogen-bond donors (Lipinski definition) is 2. The number of nitroso groups, excluding NO2 is 1. The van der Waals surface area contributed by atoms with Gasteiger partial charge in [0.1, 0.15) is 11.3 Å². The van der Waals surface area contributed by atoms with Gasteiger partial charge in [-0.15, -0.1) is 15.2 Å². The third-order valence-electron chi connectivity index (χ3n) is 2.59. The number of nitrogens with zero attached hydrogens (tertiary/aromatic N) is 3. The van der Waals surface area contributed by atoms with Gasteiger partial charge in [-0.1, -0.05) is 12.1 Å². The Hall–Kier alpha value is -3.29. The quantitative estimate of drug-likeness (QED) is 0.378. The van der Waals surface area contributed by atoms with Crippen molar-refractivity contribution < 1.29 is 14.8 Å². The maximum Gasteiger partial charge on any atom is 0.340 e. The van der Waals surface area contributed by atoms with Crippen LogP contribution in [0.4, 0.5) is 17.1 Å². The zero-order valence-electron chi connectivity index (χ0n) is 10.6. The number of para-hydroxylation sites is 1. The molecule has 0 radical (unpaired) electrons. The molecule has 0 amide bonds. The van der Waals surface area contributed by atoms with Crippen LogP contribution in [0.2, 0.25) is 0 Å². The average molecular weight is 286 g/mol. The van der Waals surface area contributed by atoms with E-state index >= 15 is 0 Å². The number of carboxylic acids is 1. The fourth-order valence-corrected chi connectivity index (χ4v) is 1.57. The van der Waals surface area contributed by atoms with Gasteiger partial charge in [-0.05, 0) is 41.6 Å². The number of benzene rings is 2. The molecule has 0 aliphatic rings. The molecule has 0 unspecified atom stereocenters. The summed E-state index contributed by atoms with van der Waals surface area (Å²) in [5.41, 5.74) is 2.94. The van der Waals surface area contributed by atoms with Crippen LogP contribution in [0.3, 0.4) is 0 Å². The summed E-state index contributed by atoms with van der Waals surface area (Å²) in [5, 5.41) is 27.0. The van der Waals surface area contributed by atoms with Crippen molar-refractivity contribution in [3.63, 3.8) is 0 Å². The standard InChI is InChI=1S/C13H10N4O4/c18-13(19)11-3-1-2-4-12(11)14-16-17(21)10-7-5-9(15-20)6-8-10/h1-8,14H,(H,18,19). The topological polar surface area (TPSA) is 117 Å². The lowest BCUT2D eigenvalue weighted by atomic mass is 10.2. The van der Waals surface area contributed by atoms with Crippen molar-refractivity contribution in [1.29, 1.82) is 0 Å². The summed E-state index contributed by atoms with van der Waals surface area (Å²) in [4.78, 5) is 21.5. The molecule has 0 aliphatic carbocycles. The van der Waals surface area contributed by atoms with E-state index in [0.717, 1.165) is 0 Å². The Balaban J connectivity index is 2.20. The van der Waals surface area contributed by atoms with Crippen molar-refractivity contribution >= 4 is 23.0 Å². The van der Waals surface area contributed by atoms with E-state index in [4.69, 9.17) is 5.11 Å². The first-order valence-electron chi connectivity index (χ1n) is 5.81. The van der Waals surface area contributed by atoms with Crippen molar-refractivity contribution in [2.45, 2.75) is 0 Å². The highest BCUT2D eigenvalue weighted by Gasteiger charge is 2.12. The van der Waals surface area contributed by atoms with Gasteiger partial charge in [0.05, 0.1) is 5.22 Å². The van der Waals surface area contributed by atoms with E-state index in [1.165, 1.54) is 36.4 Å². The number of hydrogen-bond acceptors (Lipinski definition) is 5. The van der Waals surface area contributed by atoms with E-state index in [9.17, 15) is 14.9 Å². The molecular weight excluding hydrogens is 276 g/mol. The number of nitrogens with one attached hydrogen (secondary N) is 1. The van der Waals surface area contributed by atoms with Crippen LogP contribution in [0.15, 0.2) is 58.9 Å². The van der Waals surface area contributed by atoms with Crippen LogP contribution < -0.4 is 5.43 Å². The summed E-state index contributed by atoms with van der Waals surface area (Å²) in [5.74, 6) is -1.13. The second-order valence-electron chi connectivity index (χ2n) is 3.94. The highest BCUT2D eigenvalue weighted by atomic mass is 16.5. The fraction of sp³-hybridized carbons (Fsp3) is 0. The molecule has 0 bridgehead atoms. The molecule has 0 aliphatic heterocycles. The van der Waals surface area contributed by atoms with Crippen molar-refractivity contribution in [1.82, 2.24) is 0 Å². The highest BCUT2D eigenvalue weighted by molar-refractivity contribution is 5.94. The van der Waals surface area contributed by atoms with Gasteiger partial charge in [0.15, 0.2) is 11.4 Å². The lowest BCUT2D eigenvalue weighted by Crippen LogP contribution is -2.04. The zero-order valence-corrected chi connectivity index (χ0v) is 10.6. The van der Waals surface area contributed by atoms with Crippen molar-refractivity contribution in [3.05, 3.63) is 64.2 Å². The van der Waals surface area contributed by atoms with E-state index < -0.39 is 5.97 Å². The van der Waals surface area contributed by atoms with Crippen molar-refractivity contribution in [3.8, 4) is 0 Å². The van der Waals surface area contributed by atoms with Crippen LogP contribution in [0.1, 0.15) is 10.4 Å². The molecule has 8 heteroatoms. The van der Waals surface area contributed by atoms with Gasteiger partial charge in [-0.3, -0.25) is 0 Å². The summed E-state index contributed by atoms with van der Waals surface area (Å²) < 4.78 is 0. The third-order valence-corrected chi connectivity index (χ3v) is 2.59. The van der Waals surface area contributed by atoms with Gasteiger partial charge in [0.25, 0.3) is 0 Å². The molecule has 0 heterocycles. The number of carboxylic acid groups (broad SMARTS) is 1. The first kappa shape index (κ1) is 14.1. The van der Waals surface area contributed by atoms with Gasteiger partial charge in [0.2, 0.25) is 0 Å². The van der Waals surface area contributed by atoms with Gasteiger partial charge < -0.3 is 10.3 Å². The van der Waals surface area contributed by atoms with Crippen LogP contribution in [-0.2, 0) is 0 Å². The fourth-order valence-electron chi connectivity index (χ4n) is 1.57. The molecule has 0 aromatic heterocycles. The Bertz CT molecular complexity index is 698. The monoisotopic (exact) mass is 286 g/mol. The largest absolute Gasteiger partial charge is 0.691 e. The molecule has 106 valence electrons. The Labute approximate surface area is 118 Å². The predicted octanol–water partition coefficient (Wildman–Crippen LogP) is 3.40. The maximum atomic E-state index is 11.7. The van der Waals surface area contributed by atoms with E-state index in [-0.39, 0.29) is 27.5 Å². The van der Waals surface area contributed by atoms with E-state index in [1.54, 1.807) is 12.1 Å². The minimum atomic E-state index is -1.13. The molecule has 2 aromatic carbocycles. The van der Waals surface area contributed by atoms with Gasteiger partial charge in [-0.25, -0.2) is 4.79 Å². The molecular formula is C13H10N4O4. The first-order valence-corrected chi connectivity index (χ1v) is 5.81. The molecule has 0 spiro atoms. The third kappa shape index (κ3) is 3.38. The molecule has 0 atom stereocenters. The average Bonchev–Trinajstić information content (AvgIpc) is 2.52. The summed E-state index contributed by atoms with van der Waals surface area (Å²) in [6, 6.07) is 11.5. The normalized spacial score (nSPS) is 11.0. The number of carbonyl (C=O) groups is 1. The summed E-state index contributed by atoms with van der Waals surface area (Å²) in [6.45, 7) is 0. The zero-order chi connectivity index (χ0) is 15.2. The number of anilines is 1. The van der Waals surface area contributed by atoms with Crippen LogP contribution >= 0.6 is 0 Å². The molecule has 21 heavy (non-hydrogen) atoms. The summed E-state index contributed by atoms with van der Waals surface area (Å²) >= 11 is 0. The molecule has 0 fully saturated rings. The molecule has 8 nitrogen and oxygen atoms in total. The lowest BCUT2D eigenvalue weighted by molar-refractivity contribution is -0.439. The molecule has 0 saturated carbocycles. The maximum absolute atomic E-state index is 11.7. The number of rotatable bonds is 5. The minimum absolute atomic E-state index is 0.00449. The lowest BCUT2D eigenvalue weighted by Gasteiger charge is -2.05. The van der Waals surface area contributed by atoms with Crippen molar-refractivity contribution in [2.24, 2.45) is 10.4 Å². The summed E-state index contributed by atoms with van der Waals surface area (Å²) in [6.07, 6.45) is 0. The second kappa shape index (κ2) is 6.24. The van der Waals surface area contributed by atoms with Crippen LogP contribution in [0, 0.1) is 10.1 Å². The Morgan fingerprint density at radius 2 is 1.81 bits per heavy atom. The van der Waals surface area contributed by atoms with Gasteiger partial charge in [-0.2, -0.15) is 0 Å². The number of aromatic carboxylic acids is 1. The van der Waals surface area contributed by atoms with E-state index in [0.29, 0.717) is 0 Å². The molecule has 2 aromatic rings. The minimum Gasteiger partial charge on any atom is -0.691 e. The summed E-state index contributed by atoms with van der Waals surface area (Å²) in [7, 11) is 0. The van der Waals surface area contributed by atoms with Crippen molar-refractivity contribution in [2.75, 3.05) is 5.43 Å². The van der Waals surface area contributed by atoms with Crippen LogP contribution in [-0.4, -0.2) is 15.9 Å². The Morgan fingerprint density at radius 3 is 2.43 bits per heavy atom. The molecule has 2 N–H and O–H groups in total. The van der Waals surface area contributed by atoms with E-state index in [2.05, 4.69) is 15.8 Å². The van der Waals surface area contributed by atoms with E-state index in [1.807, 2.05) is 0 Å². The highest BCUT2D eigenvalue weighted by Crippen LogP contribution is 2.19. The van der Waals surface area contributed by atoms with Gasteiger partial charge in [0, 0.05) is 0 Å².